The molecule has 0 bridgehead atoms. The van der Waals surface area contributed by atoms with Crippen LogP contribution in [-0.2, 0) is 9.59 Å². The number of aliphatic hydroxyl groups excluding tert-OH is 1. The summed E-state index contributed by atoms with van der Waals surface area (Å²) in [7, 11) is 0. The van der Waals surface area contributed by atoms with Crippen LogP contribution in [0.15, 0.2) is 18.2 Å². The molecule has 0 aliphatic carbocycles. The highest BCUT2D eigenvalue weighted by atomic mass is 19.1. The second-order valence-corrected chi connectivity index (χ2v) is 5.27. The van der Waals surface area contributed by atoms with E-state index in [1.54, 1.807) is 12.1 Å². The monoisotopic (exact) mass is 278 g/mol. The zero-order valence-corrected chi connectivity index (χ0v) is 10.8. The molecule has 0 aromatic heterocycles. The molecule has 2 aliphatic heterocycles. The first-order valence-electron chi connectivity index (χ1n) is 6.61. The molecule has 1 unspecified atom stereocenters. The summed E-state index contributed by atoms with van der Waals surface area (Å²) < 4.78 is 14.2. The Morgan fingerprint density at radius 3 is 2.65 bits per heavy atom. The number of imide groups is 1. The SMILES string of the molecule is O=C1CCC(c2ccc(N3CC(O)C3)cc2F)C(=O)N1. The van der Waals surface area contributed by atoms with E-state index in [0.717, 1.165) is 0 Å². The third-order valence-electron chi connectivity index (χ3n) is 3.83. The average Bonchev–Trinajstić information content (AvgIpc) is 2.36. The number of aliphatic hydroxyl groups is 1. The molecule has 0 saturated carbocycles. The molecule has 20 heavy (non-hydrogen) atoms. The van der Waals surface area contributed by atoms with Crippen molar-refractivity contribution in [1.82, 2.24) is 5.32 Å². The number of benzene rings is 1. The van der Waals surface area contributed by atoms with Crippen LogP contribution in [0, 0.1) is 5.82 Å². The maximum Gasteiger partial charge on any atom is 0.234 e. The van der Waals surface area contributed by atoms with Gasteiger partial charge in [-0.3, -0.25) is 14.9 Å². The van der Waals surface area contributed by atoms with Crippen LogP contribution in [0.4, 0.5) is 10.1 Å². The van der Waals surface area contributed by atoms with E-state index in [-0.39, 0.29) is 18.4 Å². The molecule has 1 atom stereocenters. The van der Waals surface area contributed by atoms with E-state index in [1.165, 1.54) is 6.07 Å². The molecule has 0 spiro atoms. The van der Waals surface area contributed by atoms with E-state index in [2.05, 4.69) is 5.32 Å². The molecule has 3 rings (SSSR count). The van der Waals surface area contributed by atoms with Gasteiger partial charge in [-0.25, -0.2) is 4.39 Å². The summed E-state index contributed by atoms with van der Waals surface area (Å²) in [6, 6.07) is 4.72. The third-order valence-corrected chi connectivity index (χ3v) is 3.83. The third kappa shape index (κ3) is 2.27. The van der Waals surface area contributed by atoms with Gasteiger partial charge in [0.05, 0.1) is 12.0 Å². The van der Waals surface area contributed by atoms with Gasteiger partial charge < -0.3 is 10.0 Å². The molecular weight excluding hydrogens is 263 g/mol. The van der Waals surface area contributed by atoms with Gasteiger partial charge in [-0.2, -0.15) is 0 Å². The van der Waals surface area contributed by atoms with Crippen LogP contribution in [0.25, 0.3) is 0 Å². The Morgan fingerprint density at radius 1 is 1.30 bits per heavy atom. The van der Waals surface area contributed by atoms with Gasteiger partial charge in [-0.15, -0.1) is 0 Å². The first-order chi connectivity index (χ1) is 9.54. The van der Waals surface area contributed by atoms with Gasteiger partial charge in [-0.1, -0.05) is 6.07 Å². The van der Waals surface area contributed by atoms with Crippen LogP contribution in [0.3, 0.4) is 0 Å². The number of hydrogen-bond donors (Lipinski definition) is 2. The number of hydrogen-bond acceptors (Lipinski definition) is 4. The molecule has 2 saturated heterocycles. The van der Waals surface area contributed by atoms with Crippen molar-refractivity contribution >= 4 is 17.5 Å². The zero-order valence-electron chi connectivity index (χ0n) is 10.8. The number of anilines is 1. The normalized spacial score (nSPS) is 23.5. The Kier molecular flexibility index (Phi) is 3.17. The fourth-order valence-electron chi connectivity index (χ4n) is 2.65. The molecule has 5 nitrogen and oxygen atoms in total. The predicted molar refractivity (Wildman–Crippen MR) is 69.7 cm³/mol. The smallest absolute Gasteiger partial charge is 0.234 e. The van der Waals surface area contributed by atoms with E-state index < -0.39 is 17.6 Å². The number of carbonyl (C=O) groups is 2. The number of nitrogens with zero attached hydrogens (tertiary/aromatic N) is 1. The van der Waals surface area contributed by atoms with Crippen molar-refractivity contribution in [3.63, 3.8) is 0 Å². The lowest BCUT2D eigenvalue weighted by Crippen LogP contribution is -2.50. The van der Waals surface area contributed by atoms with Gasteiger partial charge >= 0.3 is 0 Å². The molecule has 106 valence electrons. The molecule has 2 N–H and O–H groups in total. The number of β-amino-alcohol motifs (C(OH)–C–C–N with tert-alkyl or cyclic N) is 1. The summed E-state index contributed by atoms with van der Waals surface area (Å²) >= 11 is 0. The van der Waals surface area contributed by atoms with Crippen LogP contribution >= 0.6 is 0 Å². The number of rotatable bonds is 2. The molecular formula is C14H15FN2O3. The number of carbonyl (C=O) groups excluding carboxylic acids is 2. The standard InChI is InChI=1S/C14H15FN2O3/c15-12-5-8(17-6-9(18)7-17)1-2-10(12)11-3-4-13(19)16-14(11)20/h1-2,5,9,11,18H,3-4,6-7H2,(H,16,19,20). The molecule has 2 aliphatic rings. The highest BCUT2D eigenvalue weighted by molar-refractivity contribution is 6.00. The molecule has 2 fully saturated rings. The van der Waals surface area contributed by atoms with E-state index in [0.29, 0.717) is 30.8 Å². The van der Waals surface area contributed by atoms with Crippen LogP contribution in [-0.4, -0.2) is 36.1 Å². The Bertz CT molecular complexity index is 570. The molecule has 6 heteroatoms. The van der Waals surface area contributed by atoms with Crippen molar-refractivity contribution in [3.8, 4) is 0 Å². The first-order valence-corrected chi connectivity index (χ1v) is 6.61. The summed E-state index contributed by atoms with van der Waals surface area (Å²) in [5, 5.41) is 11.5. The minimum absolute atomic E-state index is 0.232. The number of amides is 2. The van der Waals surface area contributed by atoms with Crippen LogP contribution in [0.5, 0.6) is 0 Å². The minimum atomic E-state index is -0.608. The van der Waals surface area contributed by atoms with E-state index in [9.17, 15) is 19.1 Å². The van der Waals surface area contributed by atoms with Gasteiger partial charge in [0.25, 0.3) is 0 Å². The van der Waals surface area contributed by atoms with Gasteiger partial charge in [0.15, 0.2) is 0 Å². The summed E-state index contributed by atoms with van der Waals surface area (Å²) in [6.07, 6.45) is 0.215. The van der Waals surface area contributed by atoms with Crippen LogP contribution in [0.1, 0.15) is 24.3 Å². The number of halogens is 1. The summed E-state index contributed by atoms with van der Waals surface area (Å²) in [5.41, 5.74) is 1.02. The van der Waals surface area contributed by atoms with E-state index >= 15 is 0 Å². The van der Waals surface area contributed by atoms with Crippen molar-refractivity contribution in [2.45, 2.75) is 24.9 Å². The summed E-state index contributed by atoms with van der Waals surface area (Å²) in [5.74, 6) is -1.80. The van der Waals surface area contributed by atoms with Gasteiger partial charge in [0.2, 0.25) is 11.8 Å². The van der Waals surface area contributed by atoms with Gasteiger partial charge in [-0.05, 0) is 18.6 Å². The van der Waals surface area contributed by atoms with Gasteiger partial charge in [0.1, 0.15) is 5.82 Å². The van der Waals surface area contributed by atoms with Crippen molar-refractivity contribution in [2.24, 2.45) is 0 Å². The van der Waals surface area contributed by atoms with E-state index in [4.69, 9.17) is 0 Å². The molecule has 0 radical (unpaired) electrons. The van der Waals surface area contributed by atoms with Gasteiger partial charge in [0, 0.05) is 30.8 Å². The zero-order chi connectivity index (χ0) is 14.3. The number of piperidine rings is 1. The molecule has 1 aromatic rings. The quantitative estimate of drug-likeness (QED) is 0.774. The lowest BCUT2D eigenvalue weighted by atomic mass is 9.90. The fourth-order valence-corrected chi connectivity index (χ4v) is 2.65. The van der Waals surface area contributed by atoms with Crippen molar-refractivity contribution < 1.29 is 19.1 Å². The maximum absolute atomic E-state index is 14.2. The lowest BCUT2D eigenvalue weighted by molar-refractivity contribution is -0.134. The summed E-state index contributed by atoms with van der Waals surface area (Å²) in [6.45, 7) is 0.994. The molecule has 2 heterocycles. The highest BCUT2D eigenvalue weighted by Gasteiger charge is 2.31. The fraction of sp³-hybridized carbons (Fsp3) is 0.429. The lowest BCUT2D eigenvalue weighted by Gasteiger charge is -2.38. The minimum Gasteiger partial charge on any atom is -0.389 e. The topological polar surface area (TPSA) is 69.6 Å². The Balaban J connectivity index is 1.80. The van der Waals surface area contributed by atoms with Crippen LogP contribution < -0.4 is 10.2 Å². The largest absolute Gasteiger partial charge is 0.389 e. The Hall–Kier alpha value is -1.95. The highest BCUT2D eigenvalue weighted by Crippen LogP contribution is 2.30. The first kappa shape index (κ1) is 13.1. The van der Waals surface area contributed by atoms with Crippen LogP contribution in [0.2, 0.25) is 0 Å². The molecule has 1 aromatic carbocycles. The number of nitrogens with one attached hydrogen (secondary N) is 1. The Morgan fingerprint density at radius 2 is 2.05 bits per heavy atom. The average molecular weight is 278 g/mol. The Labute approximate surface area is 115 Å². The maximum atomic E-state index is 14.2. The summed E-state index contributed by atoms with van der Waals surface area (Å²) in [4.78, 5) is 24.7. The van der Waals surface area contributed by atoms with Crippen molar-refractivity contribution in [1.29, 1.82) is 0 Å². The predicted octanol–water partition coefficient (Wildman–Crippen LogP) is 0.527. The van der Waals surface area contributed by atoms with Crippen molar-refractivity contribution in [3.05, 3.63) is 29.6 Å². The second kappa shape index (κ2) is 4.86. The van der Waals surface area contributed by atoms with E-state index in [1.807, 2.05) is 4.90 Å². The van der Waals surface area contributed by atoms with Crippen molar-refractivity contribution in [2.75, 3.05) is 18.0 Å². The molecule has 2 amide bonds. The second-order valence-electron chi connectivity index (χ2n) is 5.27.